The number of carbonyl (C=O) groups excluding carboxylic acids is 1. The van der Waals surface area contributed by atoms with Crippen LogP contribution in [0.25, 0.3) is 22.4 Å². The van der Waals surface area contributed by atoms with Crippen molar-refractivity contribution in [3.05, 3.63) is 82.6 Å². The first kappa shape index (κ1) is 18.2. The molecule has 0 amide bonds. The summed E-state index contributed by atoms with van der Waals surface area (Å²) in [5.41, 5.74) is 2.94. The highest BCUT2D eigenvalue weighted by atomic mass is 35.5. The first-order valence-corrected chi connectivity index (χ1v) is 9.03. The number of rotatable bonds is 5. The minimum atomic E-state index is -0.435. The molecule has 0 spiro atoms. The number of nitrogens with one attached hydrogen (secondary N) is 1. The number of hydrogen-bond donors (Lipinski definition) is 1. The van der Waals surface area contributed by atoms with Crippen LogP contribution < -0.4 is 4.74 Å². The molecule has 140 valence electrons. The number of H-pyrrole nitrogens is 1. The van der Waals surface area contributed by atoms with E-state index in [9.17, 15) is 9.18 Å². The van der Waals surface area contributed by atoms with Crippen molar-refractivity contribution in [2.75, 3.05) is 7.11 Å². The summed E-state index contributed by atoms with van der Waals surface area (Å²) in [5, 5.41) is 0.595. The highest BCUT2D eigenvalue weighted by Gasteiger charge is 2.16. The fourth-order valence-electron chi connectivity index (χ4n) is 3.14. The number of methoxy groups -OCH3 is 1. The van der Waals surface area contributed by atoms with Gasteiger partial charge in [-0.25, -0.2) is 9.37 Å². The molecule has 0 unspecified atom stereocenters. The summed E-state index contributed by atoms with van der Waals surface area (Å²) in [6, 6.07) is 17.0. The Morgan fingerprint density at radius 3 is 2.75 bits per heavy atom. The monoisotopic (exact) mass is 394 g/mol. The molecule has 0 bridgehead atoms. The lowest BCUT2D eigenvalue weighted by atomic mass is 10.0. The van der Waals surface area contributed by atoms with Crippen molar-refractivity contribution in [3.8, 4) is 17.1 Å². The Hall–Kier alpha value is -3.18. The molecule has 1 heterocycles. The highest BCUT2D eigenvalue weighted by molar-refractivity contribution is 6.30. The van der Waals surface area contributed by atoms with Gasteiger partial charge in [0.2, 0.25) is 0 Å². The first-order chi connectivity index (χ1) is 13.5. The van der Waals surface area contributed by atoms with Gasteiger partial charge in [0, 0.05) is 17.0 Å². The number of ketones is 1. The lowest BCUT2D eigenvalue weighted by molar-refractivity contribution is 0.0993. The number of ether oxygens (including phenoxy) is 1. The lowest BCUT2D eigenvalue weighted by Gasteiger charge is -2.06. The molecule has 0 aliphatic heterocycles. The third-order valence-electron chi connectivity index (χ3n) is 4.49. The Labute approximate surface area is 165 Å². The zero-order chi connectivity index (χ0) is 19.7. The number of nitrogens with zero attached hydrogens (tertiary/aromatic N) is 1. The van der Waals surface area contributed by atoms with E-state index in [1.165, 1.54) is 13.2 Å². The Kier molecular flexibility index (Phi) is 4.84. The summed E-state index contributed by atoms with van der Waals surface area (Å²) in [6.45, 7) is 0. The van der Waals surface area contributed by atoms with E-state index in [1.807, 2.05) is 12.1 Å². The summed E-state index contributed by atoms with van der Waals surface area (Å²) in [6.07, 6.45) is 0.244. The van der Waals surface area contributed by atoms with Crippen LogP contribution in [0.5, 0.6) is 5.75 Å². The molecule has 0 saturated heterocycles. The molecule has 0 aliphatic rings. The quantitative estimate of drug-likeness (QED) is 0.457. The number of hydrogen-bond acceptors (Lipinski definition) is 3. The minimum absolute atomic E-state index is 0.0382. The van der Waals surface area contributed by atoms with Gasteiger partial charge in [0.05, 0.1) is 23.7 Å². The molecule has 0 radical (unpaired) electrons. The van der Waals surface area contributed by atoms with Gasteiger partial charge in [0.1, 0.15) is 17.4 Å². The highest BCUT2D eigenvalue weighted by Crippen LogP contribution is 2.32. The molecule has 4 rings (SSSR count). The Morgan fingerprint density at radius 2 is 1.96 bits per heavy atom. The number of benzene rings is 3. The predicted octanol–water partition coefficient (Wildman–Crippen LogP) is 5.46. The molecule has 28 heavy (non-hydrogen) atoms. The number of Topliss-reactive ketones (excluding diaryl/α,β-unsaturated/α-hetero) is 1. The summed E-state index contributed by atoms with van der Waals surface area (Å²) in [5.74, 6) is 0.264. The van der Waals surface area contributed by atoms with E-state index in [0.717, 1.165) is 5.56 Å². The molecule has 0 saturated carbocycles. The maximum Gasteiger partial charge on any atom is 0.167 e. The number of imidazole rings is 1. The molecule has 6 heteroatoms. The maximum absolute atomic E-state index is 14.3. The van der Waals surface area contributed by atoms with Gasteiger partial charge < -0.3 is 9.72 Å². The number of carbonyl (C=O) groups is 1. The Balaban J connectivity index is 1.68. The van der Waals surface area contributed by atoms with E-state index in [2.05, 4.69) is 9.97 Å². The van der Waals surface area contributed by atoms with Crippen molar-refractivity contribution >= 4 is 28.4 Å². The normalized spacial score (nSPS) is 11.0. The van der Waals surface area contributed by atoms with Crippen LogP contribution in [0.2, 0.25) is 5.02 Å². The molecule has 0 aliphatic carbocycles. The zero-order valence-corrected chi connectivity index (χ0v) is 15.8. The van der Waals surface area contributed by atoms with Gasteiger partial charge in [-0.15, -0.1) is 0 Å². The average Bonchev–Trinajstić information content (AvgIpc) is 3.10. The summed E-state index contributed by atoms with van der Waals surface area (Å²) in [7, 11) is 1.48. The van der Waals surface area contributed by atoms with Crippen LogP contribution in [0.4, 0.5) is 4.39 Å². The lowest BCUT2D eigenvalue weighted by Crippen LogP contribution is -2.03. The summed E-state index contributed by atoms with van der Waals surface area (Å²) >= 11 is 5.99. The molecule has 1 N–H and O–H groups in total. The maximum atomic E-state index is 14.3. The summed E-state index contributed by atoms with van der Waals surface area (Å²) < 4.78 is 19.6. The fourth-order valence-corrected chi connectivity index (χ4v) is 3.35. The van der Waals surface area contributed by atoms with Crippen LogP contribution in [-0.4, -0.2) is 22.9 Å². The van der Waals surface area contributed by atoms with Crippen molar-refractivity contribution < 1.29 is 13.9 Å². The van der Waals surface area contributed by atoms with Gasteiger partial charge in [-0.1, -0.05) is 29.8 Å². The number of aromatic nitrogens is 2. The second-order valence-corrected chi connectivity index (χ2v) is 6.80. The first-order valence-electron chi connectivity index (χ1n) is 8.65. The van der Waals surface area contributed by atoms with Crippen LogP contribution in [-0.2, 0) is 6.42 Å². The molecule has 0 fully saturated rings. The van der Waals surface area contributed by atoms with E-state index >= 15 is 0 Å². The van der Waals surface area contributed by atoms with E-state index in [1.54, 1.807) is 42.5 Å². The minimum Gasteiger partial charge on any atom is -0.496 e. The fraction of sp³-hybridized carbons (Fsp3) is 0.0909. The second-order valence-electron chi connectivity index (χ2n) is 6.36. The molecule has 4 nitrogen and oxygen atoms in total. The Morgan fingerprint density at radius 1 is 1.14 bits per heavy atom. The summed E-state index contributed by atoms with van der Waals surface area (Å²) in [4.78, 5) is 20.2. The third-order valence-corrected chi connectivity index (χ3v) is 4.72. The number of halogens is 2. The standard InChI is InChI=1S/C22H16ClFN2O2/c1-28-20-7-3-6-16(24)21(20)22-25-17-9-8-14(12-18(17)26-22)19(27)11-13-4-2-5-15(23)10-13/h2-10,12H,11H2,1H3,(H,25,26). The molecule has 1 aromatic heterocycles. The SMILES string of the molecule is COc1cccc(F)c1-c1nc2ccc(C(=O)Cc3cccc(Cl)c3)cc2[nH]1. The van der Waals surface area contributed by atoms with Crippen LogP contribution in [0.1, 0.15) is 15.9 Å². The van der Waals surface area contributed by atoms with E-state index < -0.39 is 5.82 Å². The number of aromatic amines is 1. The molecule has 3 aromatic carbocycles. The van der Waals surface area contributed by atoms with Gasteiger partial charge in [0.25, 0.3) is 0 Å². The van der Waals surface area contributed by atoms with Crippen LogP contribution in [0.15, 0.2) is 60.7 Å². The largest absolute Gasteiger partial charge is 0.496 e. The smallest absolute Gasteiger partial charge is 0.167 e. The van der Waals surface area contributed by atoms with E-state index in [0.29, 0.717) is 33.2 Å². The average molecular weight is 395 g/mol. The van der Waals surface area contributed by atoms with Crippen LogP contribution >= 0.6 is 11.6 Å². The van der Waals surface area contributed by atoms with Crippen molar-refractivity contribution in [2.24, 2.45) is 0 Å². The van der Waals surface area contributed by atoms with Crippen LogP contribution in [0, 0.1) is 5.82 Å². The predicted molar refractivity (Wildman–Crippen MR) is 108 cm³/mol. The van der Waals surface area contributed by atoms with Crippen LogP contribution in [0.3, 0.4) is 0 Å². The van der Waals surface area contributed by atoms with Gasteiger partial charge >= 0.3 is 0 Å². The molecular weight excluding hydrogens is 379 g/mol. The van der Waals surface area contributed by atoms with Gasteiger partial charge in [0.15, 0.2) is 5.78 Å². The topological polar surface area (TPSA) is 55.0 Å². The van der Waals surface area contributed by atoms with Gasteiger partial charge in [-0.3, -0.25) is 4.79 Å². The zero-order valence-electron chi connectivity index (χ0n) is 15.0. The Bertz CT molecular complexity index is 1190. The van der Waals surface area contributed by atoms with Crippen molar-refractivity contribution in [1.82, 2.24) is 9.97 Å². The van der Waals surface area contributed by atoms with Crippen molar-refractivity contribution in [2.45, 2.75) is 6.42 Å². The van der Waals surface area contributed by atoms with E-state index in [-0.39, 0.29) is 17.8 Å². The van der Waals surface area contributed by atoms with E-state index in [4.69, 9.17) is 16.3 Å². The van der Waals surface area contributed by atoms with Gasteiger partial charge in [-0.05, 0) is 48.0 Å². The molecule has 0 atom stereocenters. The third kappa shape index (κ3) is 3.49. The second kappa shape index (κ2) is 7.44. The van der Waals surface area contributed by atoms with Crippen molar-refractivity contribution in [3.63, 3.8) is 0 Å². The van der Waals surface area contributed by atoms with Gasteiger partial charge in [-0.2, -0.15) is 0 Å². The number of fused-ring (bicyclic) bond motifs is 1. The van der Waals surface area contributed by atoms with Crippen molar-refractivity contribution in [1.29, 1.82) is 0 Å². The molecular formula is C22H16ClFN2O2. The molecule has 4 aromatic rings.